The van der Waals surface area contributed by atoms with Gasteiger partial charge in [0.05, 0.1) is 14.2 Å². The molecule has 3 aromatic rings. The van der Waals surface area contributed by atoms with Crippen LogP contribution in [0.15, 0.2) is 59.2 Å². The Hall–Kier alpha value is -2.60. The van der Waals surface area contributed by atoms with Gasteiger partial charge in [-0.3, -0.25) is 10.5 Å². The molecule has 2 aromatic carbocycles. The first-order chi connectivity index (χ1) is 12.0. The summed E-state index contributed by atoms with van der Waals surface area (Å²) in [6.07, 6.45) is 1.90. The number of hydrogen-bond acceptors (Lipinski definition) is 3. The Morgan fingerprint density at radius 2 is 2.00 bits per heavy atom. The van der Waals surface area contributed by atoms with Crippen molar-refractivity contribution < 1.29 is 14.1 Å². The number of Topliss-reactive ketones (excluding diaryl/α,β-unsaturated/α-hetero) is 1. The Balaban J connectivity index is 1.91. The number of rotatable bonds is 5. The molecule has 0 aliphatic carbocycles. The number of nitrogens with zero attached hydrogens (tertiary/aromatic N) is 2. The monoisotopic (exact) mass is 400 g/mol. The van der Waals surface area contributed by atoms with Gasteiger partial charge < -0.3 is 4.74 Å². The quantitative estimate of drug-likeness (QED) is 0.528. The predicted octanol–water partition coefficient (Wildman–Crippen LogP) is 3.22. The van der Waals surface area contributed by atoms with Crippen LogP contribution in [0.2, 0.25) is 0 Å². The van der Waals surface area contributed by atoms with Crippen LogP contribution in [0, 0.1) is 0 Å². The second kappa shape index (κ2) is 7.11. The largest absolute Gasteiger partial charge is 0.497 e. The minimum absolute atomic E-state index is 0.0259. The number of anilines is 1. The van der Waals surface area contributed by atoms with E-state index in [1.54, 1.807) is 29.9 Å². The molecule has 0 atom stereocenters. The number of ether oxygens (including phenoxy) is 1. The second-order valence-corrected chi connectivity index (χ2v) is 6.64. The Morgan fingerprint density at radius 1 is 1.24 bits per heavy atom. The Morgan fingerprint density at radius 3 is 2.72 bits per heavy atom. The molecular formula is C19H19BrN3O2+. The van der Waals surface area contributed by atoms with E-state index in [1.165, 1.54) is 0 Å². The summed E-state index contributed by atoms with van der Waals surface area (Å²) in [5.41, 5.74) is 8.76. The van der Waals surface area contributed by atoms with Crippen LogP contribution in [-0.4, -0.2) is 17.5 Å². The highest BCUT2D eigenvalue weighted by Crippen LogP contribution is 2.23. The van der Waals surface area contributed by atoms with Gasteiger partial charge in [0, 0.05) is 15.6 Å². The minimum Gasteiger partial charge on any atom is -0.497 e. The number of nitrogens with two attached hydrogens (primary N) is 1. The van der Waals surface area contributed by atoms with Crippen molar-refractivity contribution in [1.82, 2.24) is 4.57 Å². The molecule has 0 unspecified atom stereocenters. The van der Waals surface area contributed by atoms with Crippen LogP contribution >= 0.6 is 15.9 Å². The maximum Gasteiger partial charge on any atom is 0.355 e. The van der Waals surface area contributed by atoms with Gasteiger partial charge in [0.2, 0.25) is 0 Å². The maximum atomic E-state index is 12.6. The summed E-state index contributed by atoms with van der Waals surface area (Å²) < 4.78 is 9.81. The van der Waals surface area contributed by atoms with Crippen LogP contribution in [0.25, 0.3) is 11.3 Å². The van der Waals surface area contributed by atoms with E-state index < -0.39 is 0 Å². The number of imidazole rings is 1. The summed E-state index contributed by atoms with van der Waals surface area (Å²) in [5, 5.41) is 0. The highest BCUT2D eigenvalue weighted by molar-refractivity contribution is 9.10. The Kier molecular flexibility index (Phi) is 4.90. The van der Waals surface area contributed by atoms with Gasteiger partial charge in [0.1, 0.15) is 24.2 Å². The summed E-state index contributed by atoms with van der Waals surface area (Å²) in [7, 11) is 3.47. The molecule has 0 spiro atoms. The predicted molar refractivity (Wildman–Crippen MR) is 100 cm³/mol. The lowest BCUT2D eigenvalue weighted by atomic mass is 10.1. The van der Waals surface area contributed by atoms with Crippen molar-refractivity contribution in [1.29, 1.82) is 0 Å². The van der Waals surface area contributed by atoms with E-state index in [2.05, 4.69) is 15.9 Å². The fourth-order valence-electron chi connectivity index (χ4n) is 2.70. The second-order valence-electron chi connectivity index (χ2n) is 5.72. The third kappa shape index (κ3) is 3.58. The third-order valence-corrected chi connectivity index (χ3v) is 4.60. The molecule has 0 saturated heterocycles. The molecule has 0 bridgehead atoms. The molecule has 0 aliphatic rings. The van der Waals surface area contributed by atoms with Crippen molar-refractivity contribution >= 4 is 27.7 Å². The number of aromatic nitrogens is 2. The molecule has 1 aromatic heterocycles. The molecule has 1 heterocycles. The summed E-state index contributed by atoms with van der Waals surface area (Å²) in [6.45, 7) is 0.168. The first kappa shape index (κ1) is 17.2. The molecule has 128 valence electrons. The highest BCUT2D eigenvalue weighted by Gasteiger charge is 2.20. The zero-order chi connectivity index (χ0) is 18.0. The number of halogens is 1. The number of benzene rings is 2. The molecule has 25 heavy (non-hydrogen) atoms. The minimum atomic E-state index is -0.0259. The van der Waals surface area contributed by atoms with E-state index in [0.29, 0.717) is 17.3 Å². The number of carbonyl (C=O) groups excluding carboxylic acids is 1. The SMILES string of the molecule is COc1cccc(C(=O)C[n+]2cc(-c3cccc(Br)c3)n(C)c2N)c1. The van der Waals surface area contributed by atoms with Crippen molar-refractivity contribution in [2.24, 2.45) is 7.05 Å². The molecule has 0 fully saturated rings. The summed E-state index contributed by atoms with van der Waals surface area (Å²) in [4.78, 5) is 12.6. The molecule has 5 nitrogen and oxygen atoms in total. The lowest BCUT2D eigenvalue weighted by Gasteiger charge is -2.03. The summed E-state index contributed by atoms with van der Waals surface area (Å²) >= 11 is 3.48. The van der Waals surface area contributed by atoms with E-state index in [1.807, 2.05) is 48.1 Å². The van der Waals surface area contributed by atoms with Crippen molar-refractivity contribution in [3.8, 4) is 17.0 Å². The van der Waals surface area contributed by atoms with E-state index in [0.717, 1.165) is 15.7 Å². The van der Waals surface area contributed by atoms with Gasteiger partial charge in [-0.05, 0) is 24.3 Å². The molecule has 2 N–H and O–H groups in total. The smallest absolute Gasteiger partial charge is 0.355 e. The molecule has 0 amide bonds. The van der Waals surface area contributed by atoms with Crippen LogP contribution in [0.4, 0.5) is 5.95 Å². The van der Waals surface area contributed by atoms with Crippen molar-refractivity contribution in [2.45, 2.75) is 6.54 Å². The number of hydrogen-bond donors (Lipinski definition) is 1. The van der Waals surface area contributed by atoms with Crippen LogP contribution in [0.3, 0.4) is 0 Å². The summed E-state index contributed by atoms with van der Waals surface area (Å²) in [5.74, 6) is 1.15. The van der Waals surface area contributed by atoms with E-state index in [9.17, 15) is 4.79 Å². The van der Waals surface area contributed by atoms with Gasteiger partial charge in [-0.2, -0.15) is 0 Å². The molecular weight excluding hydrogens is 382 g/mol. The van der Waals surface area contributed by atoms with E-state index in [-0.39, 0.29) is 12.3 Å². The lowest BCUT2D eigenvalue weighted by Crippen LogP contribution is -2.39. The van der Waals surface area contributed by atoms with Gasteiger partial charge in [-0.1, -0.05) is 40.2 Å². The van der Waals surface area contributed by atoms with Gasteiger partial charge in [0.15, 0.2) is 5.78 Å². The summed E-state index contributed by atoms with van der Waals surface area (Å²) in [6, 6.07) is 15.1. The van der Waals surface area contributed by atoms with Crippen LogP contribution in [0.1, 0.15) is 10.4 Å². The van der Waals surface area contributed by atoms with Crippen molar-refractivity contribution in [3.05, 3.63) is 64.8 Å². The highest BCUT2D eigenvalue weighted by atomic mass is 79.9. The molecule has 0 saturated carbocycles. The topological polar surface area (TPSA) is 61.1 Å². The molecule has 6 heteroatoms. The number of ketones is 1. The standard InChI is InChI=1S/C19H18BrN3O2/c1-22-17(13-5-3-7-15(20)9-13)11-23(19(22)21)12-18(24)14-6-4-8-16(10-14)25-2/h3-11,21H,12H2,1-2H3/p+1. The van der Waals surface area contributed by atoms with E-state index >= 15 is 0 Å². The van der Waals surface area contributed by atoms with Crippen LogP contribution < -0.4 is 15.0 Å². The first-order valence-electron chi connectivity index (χ1n) is 7.77. The first-order valence-corrected chi connectivity index (χ1v) is 8.56. The fourth-order valence-corrected chi connectivity index (χ4v) is 3.10. The zero-order valence-electron chi connectivity index (χ0n) is 14.1. The number of carbonyl (C=O) groups is 1. The lowest BCUT2D eigenvalue weighted by molar-refractivity contribution is -0.667. The van der Waals surface area contributed by atoms with E-state index in [4.69, 9.17) is 10.5 Å². The zero-order valence-corrected chi connectivity index (χ0v) is 15.7. The van der Waals surface area contributed by atoms with Crippen molar-refractivity contribution in [3.63, 3.8) is 0 Å². The average Bonchev–Trinajstić information content (AvgIpc) is 2.90. The maximum absolute atomic E-state index is 12.6. The third-order valence-electron chi connectivity index (χ3n) is 4.10. The fraction of sp³-hybridized carbons (Fsp3) is 0.158. The number of methoxy groups -OCH3 is 1. The molecule has 0 aliphatic heterocycles. The van der Waals surface area contributed by atoms with Crippen LogP contribution in [-0.2, 0) is 13.6 Å². The van der Waals surface area contributed by atoms with Gasteiger partial charge in [0.25, 0.3) is 0 Å². The normalized spacial score (nSPS) is 10.7. The van der Waals surface area contributed by atoms with Gasteiger partial charge >= 0.3 is 5.95 Å². The Labute approximate surface area is 154 Å². The van der Waals surface area contributed by atoms with Crippen molar-refractivity contribution in [2.75, 3.05) is 12.8 Å². The van der Waals surface area contributed by atoms with Gasteiger partial charge in [-0.15, -0.1) is 0 Å². The van der Waals surface area contributed by atoms with Gasteiger partial charge in [-0.25, -0.2) is 9.13 Å². The average molecular weight is 401 g/mol. The Bertz CT molecular complexity index is 934. The number of nitrogen functional groups attached to an aromatic ring is 1. The molecule has 3 rings (SSSR count). The molecule has 0 radical (unpaired) electrons. The van der Waals surface area contributed by atoms with Crippen LogP contribution in [0.5, 0.6) is 5.75 Å².